The van der Waals surface area contributed by atoms with Crippen LogP contribution in [0, 0.1) is 11.6 Å². The number of amides is 1. The minimum atomic E-state index is -0.313. The monoisotopic (exact) mass is 389 g/mol. The van der Waals surface area contributed by atoms with Gasteiger partial charge in [0.15, 0.2) is 0 Å². The maximum Gasteiger partial charge on any atom is 0.210 e. The van der Waals surface area contributed by atoms with Crippen molar-refractivity contribution in [2.45, 2.75) is 37.4 Å². The molecule has 3 atom stereocenters. The molecule has 150 valence electrons. The largest absolute Gasteiger partial charge is 0.396 e. The van der Waals surface area contributed by atoms with Gasteiger partial charge in [-0.25, -0.2) is 8.78 Å². The van der Waals surface area contributed by atoms with E-state index in [0.717, 1.165) is 30.6 Å². The number of aliphatic hydroxyl groups is 1. The molecule has 2 unspecified atom stereocenters. The Hall–Kier alpha value is -2.67. The Balaban J connectivity index is 1.64. The summed E-state index contributed by atoms with van der Waals surface area (Å²) >= 11 is 0. The van der Waals surface area contributed by atoms with Crippen LogP contribution < -0.4 is 10.6 Å². The van der Waals surface area contributed by atoms with Crippen molar-refractivity contribution < 1.29 is 18.7 Å². The molecular weight excluding hydrogens is 364 g/mol. The molecular formula is C21H25F2N3O2. The van der Waals surface area contributed by atoms with Gasteiger partial charge in [-0.2, -0.15) is 0 Å². The molecule has 1 aliphatic rings. The topological polar surface area (TPSA) is 64.6 Å². The number of aliphatic hydroxyl groups excluding tert-OH is 1. The second-order valence-corrected chi connectivity index (χ2v) is 7.01. The number of rotatable bonds is 9. The molecule has 7 heteroatoms. The first-order chi connectivity index (χ1) is 13.6. The maximum atomic E-state index is 13.1. The third-order valence-electron chi connectivity index (χ3n) is 5.21. The molecule has 2 aromatic rings. The highest BCUT2D eigenvalue weighted by Crippen LogP contribution is 2.28. The number of nitrogens with zero attached hydrogens (tertiary/aromatic N) is 1. The molecule has 1 aliphatic heterocycles. The molecule has 1 amide bonds. The number of likely N-dealkylation sites (tertiary alicyclic amines) is 1. The summed E-state index contributed by atoms with van der Waals surface area (Å²) in [4.78, 5) is 13.6. The van der Waals surface area contributed by atoms with E-state index >= 15 is 0 Å². The van der Waals surface area contributed by atoms with Gasteiger partial charge >= 0.3 is 0 Å². The molecule has 28 heavy (non-hydrogen) atoms. The van der Waals surface area contributed by atoms with Crippen LogP contribution in [0.1, 0.15) is 19.3 Å². The fourth-order valence-corrected chi connectivity index (χ4v) is 3.78. The molecule has 3 rings (SSSR count). The number of hydrogen-bond acceptors (Lipinski definition) is 4. The molecule has 0 aliphatic carbocycles. The van der Waals surface area contributed by atoms with E-state index in [0.29, 0.717) is 13.0 Å². The van der Waals surface area contributed by atoms with Gasteiger partial charge in [0.1, 0.15) is 11.6 Å². The molecule has 0 spiro atoms. The summed E-state index contributed by atoms with van der Waals surface area (Å²) < 4.78 is 26.2. The first kappa shape index (κ1) is 20.1. The molecule has 1 heterocycles. The van der Waals surface area contributed by atoms with Crippen molar-refractivity contribution in [3.05, 3.63) is 60.2 Å². The Morgan fingerprint density at radius 1 is 1.04 bits per heavy atom. The maximum absolute atomic E-state index is 13.1. The van der Waals surface area contributed by atoms with Crippen LogP contribution in [0.5, 0.6) is 0 Å². The van der Waals surface area contributed by atoms with Crippen LogP contribution in [0.4, 0.5) is 20.2 Å². The zero-order valence-electron chi connectivity index (χ0n) is 15.5. The summed E-state index contributed by atoms with van der Waals surface area (Å²) in [6, 6.07) is 11.9. The van der Waals surface area contributed by atoms with E-state index in [9.17, 15) is 18.7 Å². The van der Waals surface area contributed by atoms with Crippen LogP contribution in [0.3, 0.4) is 0 Å². The number of anilines is 2. The van der Waals surface area contributed by atoms with Gasteiger partial charge in [0, 0.05) is 36.6 Å². The SMILES string of the molecule is O=CN1C(CNc2ccc(F)cc2)CCC1[C@@H](CCO)Nc1ccc(F)cc1. The van der Waals surface area contributed by atoms with Gasteiger partial charge in [-0.1, -0.05) is 0 Å². The van der Waals surface area contributed by atoms with Crippen molar-refractivity contribution in [3.8, 4) is 0 Å². The molecule has 3 N–H and O–H groups in total. The van der Waals surface area contributed by atoms with E-state index in [-0.39, 0.29) is 36.4 Å². The lowest BCUT2D eigenvalue weighted by molar-refractivity contribution is -0.120. The summed E-state index contributed by atoms with van der Waals surface area (Å²) in [6.45, 7) is 0.545. The Morgan fingerprint density at radius 2 is 1.64 bits per heavy atom. The molecule has 0 bridgehead atoms. The molecule has 1 saturated heterocycles. The highest BCUT2D eigenvalue weighted by molar-refractivity contribution is 5.52. The Labute approximate surface area is 163 Å². The fraction of sp³-hybridized carbons (Fsp3) is 0.381. The molecule has 0 radical (unpaired) electrons. The van der Waals surface area contributed by atoms with Crippen molar-refractivity contribution in [2.24, 2.45) is 0 Å². The van der Waals surface area contributed by atoms with Crippen LogP contribution >= 0.6 is 0 Å². The number of benzene rings is 2. The number of hydrogen-bond donors (Lipinski definition) is 3. The van der Waals surface area contributed by atoms with E-state index in [1.54, 1.807) is 29.2 Å². The minimum Gasteiger partial charge on any atom is -0.396 e. The zero-order chi connectivity index (χ0) is 19.9. The number of carbonyl (C=O) groups is 1. The predicted octanol–water partition coefficient (Wildman–Crippen LogP) is 3.23. The lowest BCUT2D eigenvalue weighted by Crippen LogP contribution is -2.47. The van der Waals surface area contributed by atoms with Crippen molar-refractivity contribution in [1.82, 2.24) is 4.90 Å². The lowest BCUT2D eigenvalue weighted by atomic mass is 10.0. The molecule has 0 aromatic heterocycles. The van der Waals surface area contributed by atoms with Crippen molar-refractivity contribution in [3.63, 3.8) is 0 Å². The van der Waals surface area contributed by atoms with Gasteiger partial charge in [-0.05, 0) is 67.8 Å². The number of nitrogens with one attached hydrogen (secondary N) is 2. The van der Waals surface area contributed by atoms with Crippen LogP contribution in [0.2, 0.25) is 0 Å². The van der Waals surface area contributed by atoms with Crippen LogP contribution in [0.15, 0.2) is 48.5 Å². The van der Waals surface area contributed by atoms with E-state index < -0.39 is 0 Å². The lowest BCUT2D eigenvalue weighted by Gasteiger charge is -2.33. The first-order valence-electron chi connectivity index (χ1n) is 9.46. The second kappa shape index (κ2) is 9.50. The van der Waals surface area contributed by atoms with Gasteiger partial charge in [0.25, 0.3) is 0 Å². The molecule has 1 fully saturated rings. The third-order valence-corrected chi connectivity index (χ3v) is 5.21. The zero-order valence-corrected chi connectivity index (χ0v) is 15.5. The fourth-order valence-electron chi connectivity index (χ4n) is 3.78. The highest BCUT2D eigenvalue weighted by atomic mass is 19.1. The van der Waals surface area contributed by atoms with Gasteiger partial charge in [0.2, 0.25) is 6.41 Å². The van der Waals surface area contributed by atoms with E-state index in [1.165, 1.54) is 24.3 Å². The van der Waals surface area contributed by atoms with Gasteiger partial charge in [-0.3, -0.25) is 4.79 Å². The van der Waals surface area contributed by atoms with Crippen LogP contribution in [0.25, 0.3) is 0 Å². The number of halogens is 2. The normalized spacial score (nSPS) is 20.0. The molecule has 5 nitrogen and oxygen atoms in total. The highest BCUT2D eigenvalue weighted by Gasteiger charge is 2.37. The van der Waals surface area contributed by atoms with Crippen molar-refractivity contribution in [2.75, 3.05) is 23.8 Å². The van der Waals surface area contributed by atoms with Crippen molar-refractivity contribution >= 4 is 17.8 Å². The van der Waals surface area contributed by atoms with Gasteiger partial charge < -0.3 is 20.6 Å². The average molecular weight is 389 g/mol. The summed E-state index contributed by atoms with van der Waals surface area (Å²) in [7, 11) is 0. The Morgan fingerprint density at radius 3 is 2.21 bits per heavy atom. The standard InChI is InChI=1S/C21H25F2N3O2/c22-15-1-5-17(6-2-15)24-13-19-9-10-21(26(19)14-28)20(11-12-27)25-18-7-3-16(23)4-8-18/h1-8,14,19-21,24-25,27H,9-13H2/t19?,20-,21?/m1/s1. The summed E-state index contributed by atoms with van der Waals surface area (Å²) in [6.07, 6.45) is 2.95. The predicted molar refractivity (Wildman–Crippen MR) is 105 cm³/mol. The summed E-state index contributed by atoms with van der Waals surface area (Å²) in [5, 5.41) is 16.0. The van der Waals surface area contributed by atoms with E-state index in [4.69, 9.17) is 0 Å². The van der Waals surface area contributed by atoms with Gasteiger partial charge in [0.05, 0.1) is 6.04 Å². The third kappa shape index (κ3) is 4.98. The van der Waals surface area contributed by atoms with E-state index in [2.05, 4.69) is 10.6 Å². The number of carbonyl (C=O) groups excluding carboxylic acids is 1. The van der Waals surface area contributed by atoms with Gasteiger partial charge in [-0.15, -0.1) is 0 Å². The Bertz CT molecular complexity index is 755. The van der Waals surface area contributed by atoms with Crippen molar-refractivity contribution in [1.29, 1.82) is 0 Å². The first-order valence-corrected chi connectivity index (χ1v) is 9.46. The second-order valence-electron chi connectivity index (χ2n) is 7.01. The molecule has 0 saturated carbocycles. The minimum absolute atomic E-state index is 0.00348. The quantitative estimate of drug-likeness (QED) is 0.576. The summed E-state index contributed by atoms with van der Waals surface area (Å²) in [5.74, 6) is -0.605. The average Bonchev–Trinajstić information content (AvgIpc) is 3.11. The van der Waals surface area contributed by atoms with Crippen LogP contribution in [-0.2, 0) is 4.79 Å². The Kier molecular flexibility index (Phi) is 6.81. The summed E-state index contributed by atoms with van der Waals surface area (Å²) in [5.41, 5.74) is 1.55. The molecule has 2 aromatic carbocycles. The van der Waals surface area contributed by atoms with E-state index in [1.807, 2.05) is 0 Å². The van der Waals surface area contributed by atoms with Crippen LogP contribution in [-0.4, -0.2) is 47.7 Å². The smallest absolute Gasteiger partial charge is 0.210 e.